The van der Waals surface area contributed by atoms with Gasteiger partial charge in [0, 0.05) is 23.8 Å². The number of benzene rings is 1. The first-order chi connectivity index (χ1) is 9.15. The van der Waals surface area contributed by atoms with Crippen molar-refractivity contribution in [1.82, 2.24) is 14.9 Å². The number of hydrogen-bond donors (Lipinski definition) is 1. The van der Waals surface area contributed by atoms with Crippen molar-refractivity contribution in [1.29, 1.82) is 0 Å². The van der Waals surface area contributed by atoms with E-state index in [0.29, 0.717) is 5.92 Å². The van der Waals surface area contributed by atoms with Crippen LogP contribution in [0, 0.1) is 5.92 Å². The van der Waals surface area contributed by atoms with E-state index < -0.39 is 0 Å². The number of rotatable bonds is 6. The third-order valence-electron chi connectivity index (χ3n) is 2.90. The smallest absolute Gasteiger partial charge is 0.0951 e. The first kappa shape index (κ1) is 14.3. The van der Waals surface area contributed by atoms with E-state index in [1.54, 1.807) is 0 Å². The molecular weight excluding hydrogens is 302 g/mol. The molecule has 0 saturated carbocycles. The Balaban J connectivity index is 1.99. The van der Waals surface area contributed by atoms with Crippen molar-refractivity contribution in [2.75, 3.05) is 6.54 Å². The van der Waals surface area contributed by atoms with Gasteiger partial charge in [0.2, 0.25) is 0 Å². The summed E-state index contributed by atoms with van der Waals surface area (Å²) < 4.78 is 3.30. The molecule has 0 aliphatic rings. The molecule has 0 aliphatic carbocycles. The standard InChI is InChI=1S/C15H20BrN3/c1-12(2)7-17-8-15-9-18-11-19(15)10-13-4-3-5-14(16)6-13/h3-6,9,11-12,17H,7-8,10H2,1-2H3. The fraction of sp³-hybridized carbons (Fsp3) is 0.400. The van der Waals surface area contributed by atoms with E-state index in [9.17, 15) is 0 Å². The molecule has 3 nitrogen and oxygen atoms in total. The molecule has 0 fully saturated rings. The highest BCUT2D eigenvalue weighted by Crippen LogP contribution is 2.13. The molecular formula is C15H20BrN3. The molecule has 0 spiro atoms. The second-order valence-electron chi connectivity index (χ2n) is 5.17. The van der Waals surface area contributed by atoms with Gasteiger partial charge in [-0.3, -0.25) is 0 Å². The second kappa shape index (κ2) is 6.87. The predicted molar refractivity (Wildman–Crippen MR) is 82.0 cm³/mol. The molecule has 0 saturated heterocycles. The summed E-state index contributed by atoms with van der Waals surface area (Å²) >= 11 is 3.51. The second-order valence-corrected chi connectivity index (χ2v) is 6.08. The molecule has 19 heavy (non-hydrogen) atoms. The van der Waals surface area contributed by atoms with Gasteiger partial charge < -0.3 is 9.88 Å². The van der Waals surface area contributed by atoms with E-state index in [0.717, 1.165) is 24.1 Å². The van der Waals surface area contributed by atoms with Gasteiger partial charge in [-0.2, -0.15) is 0 Å². The summed E-state index contributed by atoms with van der Waals surface area (Å²) in [7, 11) is 0. The van der Waals surface area contributed by atoms with Crippen molar-refractivity contribution in [3.63, 3.8) is 0 Å². The van der Waals surface area contributed by atoms with Crippen LogP contribution in [0.4, 0.5) is 0 Å². The number of imidazole rings is 1. The van der Waals surface area contributed by atoms with Gasteiger partial charge in [0.15, 0.2) is 0 Å². The highest BCUT2D eigenvalue weighted by molar-refractivity contribution is 9.10. The zero-order chi connectivity index (χ0) is 13.7. The third-order valence-corrected chi connectivity index (χ3v) is 3.39. The van der Waals surface area contributed by atoms with Crippen molar-refractivity contribution in [3.8, 4) is 0 Å². The maximum absolute atomic E-state index is 4.25. The van der Waals surface area contributed by atoms with E-state index >= 15 is 0 Å². The van der Waals surface area contributed by atoms with Crippen LogP contribution in [0.2, 0.25) is 0 Å². The zero-order valence-electron chi connectivity index (χ0n) is 11.4. The van der Waals surface area contributed by atoms with E-state index in [1.807, 2.05) is 18.6 Å². The van der Waals surface area contributed by atoms with Crippen LogP contribution in [0.1, 0.15) is 25.1 Å². The van der Waals surface area contributed by atoms with Crippen LogP contribution in [0.3, 0.4) is 0 Å². The quantitative estimate of drug-likeness (QED) is 0.883. The minimum Gasteiger partial charge on any atom is -0.329 e. The van der Waals surface area contributed by atoms with Gasteiger partial charge in [0.25, 0.3) is 0 Å². The van der Waals surface area contributed by atoms with Crippen LogP contribution in [0.5, 0.6) is 0 Å². The topological polar surface area (TPSA) is 29.9 Å². The Kier molecular flexibility index (Phi) is 5.16. The first-order valence-corrected chi connectivity index (χ1v) is 7.38. The number of aromatic nitrogens is 2. The molecule has 1 aromatic carbocycles. The maximum Gasteiger partial charge on any atom is 0.0951 e. The predicted octanol–water partition coefficient (Wildman–Crippen LogP) is 3.44. The summed E-state index contributed by atoms with van der Waals surface area (Å²) in [5.74, 6) is 0.668. The number of halogens is 1. The van der Waals surface area contributed by atoms with Crippen molar-refractivity contribution < 1.29 is 0 Å². The largest absolute Gasteiger partial charge is 0.329 e. The van der Waals surface area contributed by atoms with Gasteiger partial charge in [-0.25, -0.2) is 4.98 Å². The van der Waals surface area contributed by atoms with Crippen LogP contribution in [-0.2, 0) is 13.1 Å². The highest BCUT2D eigenvalue weighted by atomic mass is 79.9. The molecule has 1 N–H and O–H groups in total. The normalized spacial score (nSPS) is 11.2. The molecule has 4 heteroatoms. The van der Waals surface area contributed by atoms with Crippen molar-refractivity contribution in [2.45, 2.75) is 26.9 Å². The van der Waals surface area contributed by atoms with Crippen molar-refractivity contribution in [2.24, 2.45) is 5.92 Å². The summed E-state index contributed by atoms with van der Waals surface area (Å²) in [6.07, 6.45) is 3.83. The number of nitrogens with one attached hydrogen (secondary N) is 1. The molecule has 0 radical (unpaired) electrons. The van der Waals surface area contributed by atoms with Crippen LogP contribution in [0.15, 0.2) is 41.3 Å². The summed E-state index contributed by atoms with van der Waals surface area (Å²) in [6, 6.07) is 8.39. The van der Waals surface area contributed by atoms with Gasteiger partial charge in [0.05, 0.1) is 12.0 Å². The molecule has 0 atom stereocenters. The number of hydrogen-bond acceptors (Lipinski definition) is 2. The summed E-state index contributed by atoms with van der Waals surface area (Å²) in [5, 5.41) is 3.45. The van der Waals surface area contributed by atoms with Crippen molar-refractivity contribution in [3.05, 3.63) is 52.5 Å². The lowest BCUT2D eigenvalue weighted by atomic mass is 10.2. The lowest BCUT2D eigenvalue weighted by molar-refractivity contribution is 0.539. The van der Waals surface area contributed by atoms with Gasteiger partial charge in [-0.1, -0.05) is 41.9 Å². The molecule has 0 amide bonds. The van der Waals surface area contributed by atoms with Crippen LogP contribution < -0.4 is 5.32 Å². The van der Waals surface area contributed by atoms with Gasteiger partial charge in [-0.15, -0.1) is 0 Å². The van der Waals surface area contributed by atoms with Gasteiger partial charge >= 0.3 is 0 Å². The molecule has 1 heterocycles. The minimum absolute atomic E-state index is 0.668. The Morgan fingerprint density at radius 1 is 1.37 bits per heavy atom. The molecule has 2 rings (SSSR count). The highest BCUT2D eigenvalue weighted by Gasteiger charge is 2.03. The van der Waals surface area contributed by atoms with Crippen LogP contribution in [-0.4, -0.2) is 16.1 Å². The Hall–Kier alpha value is -1.13. The lowest BCUT2D eigenvalue weighted by Gasteiger charge is -2.11. The van der Waals surface area contributed by atoms with E-state index in [2.05, 4.69) is 62.8 Å². The third kappa shape index (κ3) is 4.48. The molecule has 0 aliphatic heterocycles. The summed E-state index contributed by atoms with van der Waals surface area (Å²) in [5.41, 5.74) is 2.50. The van der Waals surface area contributed by atoms with Crippen LogP contribution in [0.25, 0.3) is 0 Å². The Labute approximate surface area is 123 Å². The SMILES string of the molecule is CC(C)CNCc1cncn1Cc1cccc(Br)c1. The number of nitrogens with zero attached hydrogens (tertiary/aromatic N) is 2. The molecule has 1 aromatic heterocycles. The van der Waals surface area contributed by atoms with E-state index in [-0.39, 0.29) is 0 Å². The van der Waals surface area contributed by atoms with Crippen molar-refractivity contribution >= 4 is 15.9 Å². The Morgan fingerprint density at radius 3 is 2.95 bits per heavy atom. The molecule has 2 aromatic rings. The minimum atomic E-state index is 0.668. The van der Waals surface area contributed by atoms with Gasteiger partial charge in [0.1, 0.15) is 0 Å². The summed E-state index contributed by atoms with van der Waals surface area (Å²) in [4.78, 5) is 4.25. The van der Waals surface area contributed by atoms with E-state index in [1.165, 1.54) is 11.3 Å². The average Bonchev–Trinajstić information content (AvgIpc) is 2.76. The first-order valence-electron chi connectivity index (χ1n) is 6.59. The van der Waals surface area contributed by atoms with Crippen LogP contribution >= 0.6 is 15.9 Å². The maximum atomic E-state index is 4.25. The summed E-state index contributed by atoms with van der Waals surface area (Å²) in [6.45, 7) is 7.18. The Bertz CT molecular complexity index is 520. The van der Waals surface area contributed by atoms with E-state index in [4.69, 9.17) is 0 Å². The molecule has 102 valence electrons. The Morgan fingerprint density at radius 2 is 2.21 bits per heavy atom. The molecule has 0 unspecified atom stereocenters. The zero-order valence-corrected chi connectivity index (χ0v) is 13.0. The monoisotopic (exact) mass is 321 g/mol. The van der Waals surface area contributed by atoms with Gasteiger partial charge in [-0.05, 0) is 30.2 Å². The fourth-order valence-corrected chi connectivity index (χ4v) is 2.41. The molecule has 0 bridgehead atoms. The fourth-order valence-electron chi connectivity index (χ4n) is 1.96. The lowest BCUT2D eigenvalue weighted by Crippen LogP contribution is -2.20. The average molecular weight is 322 g/mol.